The zero-order chi connectivity index (χ0) is 20.1. The summed E-state index contributed by atoms with van der Waals surface area (Å²) in [5.74, 6) is -0.316. The third-order valence-electron chi connectivity index (χ3n) is 3.95. The summed E-state index contributed by atoms with van der Waals surface area (Å²) in [5.41, 5.74) is 1.08. The third kappa shape index (κ3) is 4.88. The molecule has 0 spiro atoms. The minimum atomic E-state index is -4.51. The monoisotopic (exact) mass is 386 g/mol. The van der Waals surface area contributed by atoms with E-state index < -0.39 is 11.7 Å². The quantitative estimate of drug-likeness (QED) is 0.661. The number of benzene rings is 2. The van der Waals surface area contributed by atoms with Crippen molar-refractivity contribution in [3.8, 4) is 11.5 Å². The number of para-hydroxylation sites is 1. The minimum Gasteiger partial charge on any atom is -0.457 e. The molecule has 7 heteroatoms. The lowest BCUT2D eigenvalue weighted by molar-refractivity contribution is -0.138. The number of nitrogens with zero attached hydrogens (tertiary/aromatic N) is 1. The Labute approximate surface area is 160 Å². The number of aryl methyl sites for hydroxylation is 1. The molecule has 0 fully saturated rings. The second-order valence-corrected chi connectivity index (χ2v) is 6.11. The van der Waals surface area contributed by atoms with Gasteiger partial charge in [-0.05, 0) is 48.9 Å². The molecule has 0 aliphatic carbocycles. The largest absolute Gasteiger partial charge is 0.457 e. The fraction of sp³-hybridized carbons (Fsp3) is 0.143. The molecule has 3 aromatic rings. The normalized spacial score (nSPS) is 11.1. The molecule has 4 nitrogen and oxygen atoms in total. The van der Waals surface area contributed by atoms with Crippen LogP contribution in [0.15, 0.2) is 66.9 Å². The lowest BCUT2D eigenvalue weighted by Gasteiger charge is -2.14. The number of ether oxygens (including phenoxy) is 1. The maximum Gasteiger partial charge on any atom is 0.419 e. The summed E-state index contributed by atoms with van der Waals surface area (Å²) in [6, 6.07) is 15.0. The van der Waals surface area contributed by atoms with Crippen molar-refractivity contribution in [2.75, 3.05) is 0 Å². The number of carbonyl (C=O) groups is 1. The molecule has 3 rings (SSSR count). The molecule has 144 valence electrons. The van der Waals surface area contributed by atoms with Crippen molar-refractivity contribution in [2.24, 2.45) is 0 Å². The van der Waals surface area contributed by atoms with Crippen molar-refractivity contribution in [3.05, 3.63) is 89.2 Å². The Kier molecular flexibility index (Phi) is 5.63. The highest BCUT2D eigenvalue weighted by Crippen LogP contribution is 2.37. The van der Waals surface area contributed by atoms with Gasteiger partial charge in [-0.2, -0.15) is 13.2 Å². The second-order valence-electron chi connectivity index (χ2n) is 6.11. The number of amides is 1. The summed E-state index contributed by atoms with van der Waals surface area (Å²) >= 11 is 0. The van der Waals surface area contributed by atoms with Crippen LogP contribution < -0.4 is 10.1 Å². The van der Waals surface area contributed by atoms with Gasteiger partial charge in [0.2, 0.25) is 0 Å². The van der Waals surface area contributed by atoms with Gasteiger partial charge in [0, 0.05) is 18.4 Å². The molecule has 28 heavy (non-hydrogen) atoms. The van der Waals surface area contributed by atoms with E-state index in [0.29, 0.717) is 11.1 Å². The molecule has 0 radical (unpaired) electrons. The van der Waals surface area contributed by atoms with Crippen LogP contribution in [0.5, 0.6) is 11.5 Å². The molecule has 0 bridgehead atoms. The SMILES string of the molecule is Cc1ccc(C(=O)NCc2cccc(Oc3ccccc3C(F)(F)F)c2)cn1. The number of hydrogen-bond donors (Lipinski definition) is 1. The molecule has 0 aliphatic rings. The van der Waals surface area contributed by atoms with Crippen molar-refractivity contribution in [1.82, 2.24) is 10.3 Å². The van der Waals surface area contributed by atoms with Gasteiger partial charge in [0.15, 0.2) is 0 Å². The van der Waals surface area contributed by atoms with E-state index in [1.54, 1.807) is 36.4 Å². The zero-order valence-electron chi connectivity index (χ0n) is 15.0. The topological polar surface area (TPSA) is 51.2 Å². The molecule has 0 saturated heterocycles. The van der Waals surface area contributed by atoms with E-state index in [0.717, 1.165) is 11.8 Å². The summed E-state index contributed by atoms with van der Waals surface area (Å²) in [5, 5.41) is 2.75. The van der Waals surface area contributed by atoms with E-state index >= 15 is 0 Å². The van der Waals surface area contributed by atoms with Crippen molar-refractivity contribution >= 4 is 5.91 Å². The van der Waals surface area contributed by atoms with Crippen molar-refractivity contribution in [3.63, 3.8) is 0 Å². The predicted octanol–water partition coefficient (Wildman–Crippen LogP) is 5.13. The Morgan fingerprint density at radius 1 is 1.07 bits per heavy atom. The molecule has 1 aromatic heterocycles. The fourth-order valence-corrected chi connectivity index (χ4v) is 2.52. The van der Waals surface area contributed by atoms with E-state index in [1.807, 2.05) is 6.92 Å². The van der Waals surface area contributed by atoms with Crippen LogP contribution in [0.3, 0.4) is 0 Å². The van der Waals surface area contributed by atoms with E-state index in [1.165, 1.54) is 24.4 Å². The number of carbonyl (C=O) groups excluding carboxylic acids is 1. The van der Waals surface area contributed by atoms with Gasteiger partial charge < -0.3 is 10.1 Å². The molecule has 0 atom stereocenters. The molecule has 0 saturated carbocycles. The average Bonchev–Trinajstić information content (AvgIpc) is 2.66. The molecular weight excluding hydrogens is 369 g/mol. The second kappa shape index (κ2) is 8.12. The Bertz CT molecular complexity index is 970. The number of rotatable bonds is 5. The molecule has 1 amide bonds. The maximum atomic E-state index is 13.1. The van der Waals surface area contributed by atoms with Crippen molar-refractivity contribution in [2.45, 2.75) is 19.6 Å². The Morgan fingerprint density at radius 2 is 1.86 bits per heavy atom. The van der Waals surface area contributed by atoms with Gasteiger partial charge in [-0.15, -0.1) is 0 Å². The Morgan fingerprint density at radius 3 is 2.57 bits per heavy atom. The number of alkyl halides is 3. The lowest BCUT2D eigenvalue weighted by atomic mass is 10.2. The van der Waals surface area contributed by atoms with E-state index in [2.05, 4.69) is 10.3 Å². The first kappa shape index (κ1) is 19.4. The van der Waals surface area contributed by atoms with Crippen LogP contribution in [0.4, 0.5) is 13.2 Å². The highest BCUT2D eigenvalue weighted by atomic mass is 19.4. The summed E-state index contributed by atoms with van der Waals surface area (Å²) in [6.07, 6.45) is -3.03. The Hall–Kier alpha value is -3.35. The molecule has 2 aromatic carbocycles. The highest BCUT2D eigenvalue weighted by molar-refractivity contribution is 5.93. The van der Waals surface area contributed by atoms with E-state index in [-0.39, 0.29) is 24.0 Å². The number of nitrogens with one attached hydrogen (secondary N) is 1. The molecule has 0 aliphatic heterocycles. The maximum absolute atomic E-state index is 13.1. The van der Waals surface area contributed by atoms with Crippen LogP contribution in [0.25, 0.3) is 0 Å². The van der Waals surface area contributed by atoms with Crippen LogP contribution in [-0.2, 0) is 12.7 Å². The van der Waals surface area contributed by atoms with Gasteiger partial charge in [0.1, 0.15) is 11.5 Å². The standard InChI is InChI=1S/C21H17F3N2O2/c1-14-9-10-16(13-25-14)20(27)26-12-15-5-4-6-17(11-15)28-19-8-3-2-7-18(19)21(22,23)24/h2-11,13H,12H2,1H3,(H,26,27). The Balaban J connectivity index is 1.70. The lowest BCUT2D eigenvalue weighted by Crippen LogP contribution is -2.22. The van der Waals surface area contributed by atoms with Crippen LogP contribution in [-0.4, -0.2) is 10.9 Å². The predicted molar refractivity (Wildman–Crippen MR) is 98.1 cm³/mol. The van der Waals surface area contributed by atoms with E-state index in [9.17, 15) is 18.0 Å². The first-order valence-corrected chi connectivity index (χ1v) is 8.47. The molecular formula is C21H17F3N2O2. The van der Waals surface area contributed by atoms with Crippen LogP contribution in [0.1, 0.15) is 27.2 Å². The highest BCUT2D eigenvalue weighted by Gasteiger charge is 2.34. The number of aromatic nitrogens is 1. The van der Waals surface area contributed by atoms with Gasteiger partial charge in [-0.1, -0.05) is 24.3 Å². The zero-order valence-corrected chi connectivity index (χ0v) is 15.0. The van der Waals surface area contributed by atoms with Gasteiger partial charge in [-0.25, -0.2) is 0 Å². The number of hydrogen-bond acceptors (Lipinski definition) is 3. The van der Waals surface area contributed by atoms with Crippen LogP contribution >= 0.6 is 0 Å². The van der Waals surface area contributed by atoms with Crippen molar-refractivity contribution < 1.29 is 22.7 Å². The van der Waals surface area contributed by atoms with Crippen LogP contribution in [0, 0.1) is 6.92 Å². The summed E-state index contributed by atoms with van der Waals surface area (Å²) < 4.78 is 44.7. The van der Waals surface area contributed by atoms with Gasteiger partial charge >= 0.3 is 6.18 Å². The van der Waals surface area contributed by atoms with Crippen molar-refractivity contribution in [1.29, 1.82) is 0 Å². The van der Waals surface area contributed by atoms with Gasteiger partial charge in [0.25, 0.3) is 5.91 Å². The molecule has 0 unspecified atom stereocenters. The van der Waals surface area contributed by atoms with E-state index in [4.69, 9.17) is 4.74 Å². The smallest absolute Gasteiger partial charge is 0.419 e. The van der Waals surface area contributed by atoms with Gasteiger partial charge in [-0.3, -0.25) is 9.78 Å². The first-order valence-electron chi connectivity index (χ1n) is 8.47. The summed E-state index contributed by atoms with van der Waals surface area (Å²) in [6.45, 7) is 2.02. The molecule has 1 N–H and O–H groups in total. The summed E-state index contributed by atoms with van der Waals surface area (Å²) in [4.78, 5) is 16.2. The summed E-state index contributed by atoms with van der Waals surface area (Å²) in [7, 11) is 0. The molecule has 1 heterocycles. The van der Waals surface area contributed by atoms with Crippen LogP contribution in [0.2, 0.25) is 0 Å². The average molecular weight is 386 g/mol. The number of halogens is 3. The first-order chi connectivity index (χ1) is 13.3. The third-order valence-corrected chi connectivity index (χ3v) is 3.95. The number of pyridine rings is 1. The minimum absolute atomic E-state index is 0.199. The van der Waals surface area contributed by atoms with Gasteiger partial charge in [0.05, 0.1) is 11.1 Å². The fourth-order valence-electron chi connectivity index (χ4n) is 2.52.